The summed E-state index contributed by atoms with van der Waals surface area (Å²) in [6.07, 6.45) is 1.26. The molecule has 3 rings (SSSR count). The summed E-state index contributed by atoms with van der Waals surface area (Å²) in [7, 11) is 0. The maximum atomic E-state index is 12.6. The first-order valence-corrected chi connectivity index (χ1v) is 8.07. The number of thioether (sulfide) groups is 1. The lowest BCUT2D eigenvalue weighted by Crippen LogP contribution is -2.28. The molecular weight excluding hydrogens is 362 g/mol. The molecule has 1 fully saturated rings. The number of nitrogens with zero attached hydrogens (tertiary/aromatic N) is 2. The van der Waals surface area contributed by atoms with Crippen molar-refractivity contribution in [1.82, 2.24) is 0 Å². The van der Waals surface area contributed by atoms with E-state index in [2.05, 4.69) is 5.32 Å². The first-order chi connectivity index (χ1) is 12.4. The van der Waals surface area contributed by atoms with Crippen LogP contribution in [0.1, 0.15) is 12.7 Å². The minimum Gasteiger partial charge on any atom is -0.401 e. The van der Waals surface area contributed by atoms with Gasteiger partial charge in [-0.2, -0.15) is 0 Å². The lowest BCUT2D eigenvalue weighted by atomic mass is 10.2. The average molecular weight is 373 g/mol. The van der Waals surface area contributed by atoms with Crippen LogP contribution in [0, 0.1) is 10.1 Å². The Morgan fingerprint density at radius 3 is 2.65 bits per heavy atom. The van der Waals surface area contributed by atoms with Crippen LogP contribution in [0.2, 0.25) is 0 Å². The van der Waals surface area contributed by atoms with Crippen LogP contribution in [0.25, 0.3) is 6.08 Å². The molecule has 0 atom stereocenters. The van der Waals surface area contributed by atoms with Crippen LogP contribution < -0.4 is 10.2 Å². The summed E-state index contributed by atoms with van der Waals surface area (Å²) in [5.74, 6) is -1.34. The number of hydrogen-bond donors (Lipinski definition) is 1. The number of imide groups is 1. The number of rotatable bonds is 4. The Bertz CT molecular complexity index is 964. The Hall–Kier alpha value is -3.40. The Balaban J connectivity index is 1.93. The van der Waals surface area contributed by atoms with Crippen molar-refractivity contribution in [3.05, 3.63) is 57.2 Å². The van der Waals surface area contributed by atoms with Crippen LogP contribution in [0.5, 0.6) is 0 Å². The van der Waals surface area contributed by atoms with Gasteiger partial charge >= 0.3 is 5.88 Å². The number of para-hydroxylation sites is 2. The predicted octanol–water partition coefficient (Wildman–Crippen LogP) is 3.39. The van der Waals surface area contributed by atoms with Crippen molar-refractivity contribution in [2.75, 3.05) is 10.2 Å². The molecule has 2 aromatic rings. The van der Waals surface area contributed by atoms with Crippen LogP contribution in [0.3, 0.4) is 0 Å². The van der Waals surface area contributed by atoms with Crippen molar-refractivity contribution < 1.29 is 23.7 Å². The highest BCUT2D eigenvalue weighted by Crippen LogP contribution is 2.39. The molecule has 132 valence electrons. The van der Waals surface area contributed by atoms with Crippen molar-refractivity contribution in [3.63, 3.8) is 0 Å². The van der Waals surface area contributed by atoms with Gasteiger partial charge in [-0.15, -0.1) is 0 Å². The lowest BCUT2D eigenvalue weighted by molar-refractivity contribution is -0.402. The van der Waals surface area contributed by atoms with Crippen molar-refractivity contribution >= 4 is 52.2 Å². The van der Waals surface area contributed by atoms with Gasteiger partial charge in [0, 0.05) is 13.0 Å². The number of amides is 3. The molecule has 0 radical (unpaired) electrons. The molecule has 26 heavy (non-hydrogen) atoms. The van der Waals surface area contributed by atoms with Gasteiger partial charge in [-0.25, -0.2) is 4.90 Å². The second kappa shape index (κ2) is 6.84. The molecular formula is C16H11N3O6S. The molecule has 0 bridgehead atoms. The van der Waals surface area contributed by atoms with Crippen molar-refractivity contribution in [2.24, 2.45) is 0 Å². The zero-order chi connectivity index (χ0) is 18.8. The van der Waals surface area contributed by atoms with Gasteiger partial charge < -0.3 is 9.73 Å². The summed E-state index contributed by atoms with van der Waals surface area (Å²) >= 11 is 0.673. The predicted molar refractivity (Wildman–Crippen MR) is 94.6 cm³/mol. The average Bonchev–Trinajstić information content (AvgIpc) is 3.14. The van der Waals surface area contributed by atoms with E-state index in [0.29, 0.717) is 17.4 Å². The van der Waals surface area contributed by atoms with E-state index in [0.717, 1.165) is 11.0 Å². The summed E-state index contributed by atoms with van der Waals surface area (Å²) < 4.78 is 4.98. The molecule has 1 aliphatic heterocycles. The maximum Gasteiger partial charge on any atom is 0.433 e. The largest absolute Gasteiger partial charge is 0.433 e. The van der Waals surface area contributed by atoms with Gasteiger partial charge in [0.2, 0.25) is 5.91 Å². The van der Waals surface area contributed by atoms with Crippen molar-refractivity contribution in [3.8, 4) is 0 Å². The first-order valence-electron chi connectivity index (χ1n) is 7.25. The Labute approximate surface area is 150 Å². The minimum atomic E-state index is -0.702. The Kier molecular flexibility index (Phi) is 4.59. The molecule has 0 unspecified atom stereocenters. The number of carbonyl (C=O) groups excluding carboxylic acids is 3. The SMILES string of the molecule is CC(=O)Nc1ccccc1N1C(=O)S/C(=C\c2ccc([N+](=O)[O-])o2)C1=O. The van der Waals surface area contributed by atoms with Crippen LogP contribution in [-0.2, 0) is 9.59 Å². The topological polar surface area (TPSA) is 123 Å². The summed E-state index contributed by atoms with van der Waals surface area (Å²) in [6, 6.07) is 8.87. The van der Waals surface area contributed by atoms with Gasteiger partial charge in [0.15, 0.2) is 0 Å². The summed E-state index contributed by atoms with van der Waals surface area (Å²) in [4.78, 5) is 47.2. The third kappa shape index (κ3) is 3.35. The maximum absolute atomic E-state index is 12.6. The molecule has 3 amide bonds. The van der Waals surface area contributed by atoms with E-state index in [9.17, 15) is 24.5 Å². The van der Waals surface area contributed by atoms with Crippen LogP contribution in [-0.4, -0.2) is 22.0 Å². The molecule has 2 heterocycles. The standard InChI is InChI=1S/C16H11N3O6S/c1-9(20)17-11-4-2-3-5-12(11)18-15(21)13(26-16(18)22)8-10-6-7-14(25-10)19(23)24/h2-8H,1H3,(H,17,20)/b13-8-. The molecule has 1 aliphatic rings. The second-order valence-electron chi connectivity index (χ2n) is 5.15. The molecule has 9 nitrogen and oxygen atoms in total. The zero-order valence-electron chi connectivity index (χ0n) is 13.3. The number of hydrogen-bond acceptors (Lipinski definition) is 7. The van der Waals surface area contributed by atoms with E-state index in [1.165, 1.54) is 25.1 Å². The van der Waals surface area contributed by atoms with Crippen LogP contribution in [0.15, 0.2) is 45.7 Å². The molecule has 1 aromatic carbocycles. The van der Waals surface area contributed by atoms with E-state index in [-0.39, 0.29) is 22.3 Å². The van der Waals surface area contributed by atoms with E-state index in [1.54, 1.807) is 18.2 Å². The van der Waals surface area contributed by atoms with E-state index < -0.39 is 22.0 Å². The van der Waals surface area contributed by atoms with Gasteiger partial charge in [0.25, 0.3) is 11.1 Å². The monoisotopic (exact) mass is 373 g/mol. The van der Waals surface area contributed by atoms with E-state index in [1.807, 2.05) is 0 Å². The fourth-order valence-electron chi connectivity index (χ4n) is 2.29. The Morgan fingerprint density at radius 2 is 2.00 bits per heavy atom. The van der Waals surface area contributed by atoms with Crippen molar-refractivity contribution in [2.45, 2.75) is 6.92 Å². The van der Waals surface area contributed by atoms with Gasteiger partial charge in [-0.1, -0.05) is 12.1 Å². The molecule has 0 saturated carbocycles. The molecule has 0 aliphatic carbocycles. The summed E-state index contributed by atoms with van der Waals surface area (Å²) in [5, 5.41) is 12.7. The normalized spacial score (nSPS) is 15.6. The fourth-order valence-corrected chi connectivity index (χ4v) is 3.10. The van der Waals surface area contributed by atoms with E-state index in [4.69, 9.17) is 4.42 Å². The summed E-state index contributed by atoms with van der Waals surface area (Å²) in [6.45, 7) is 1.31. The fraction of sp³-hybridized carbons (Fsp3) is 0.0625. The zero-order valence-corrected chi connectivity index (χ0v) is 14.1. The van der Waals surface area contributed by atoms with Gasteiger partial charge in [0.05, 0.1) is 22.3 Å². The number of nitrogens with one attached hydrogen (secondary N) is 1. The molecule has 10 heteroatoms. The van der Waals surface area contributed by atoms with Crippen molar-refractivity contribution in [1.29, 1.82) is 0 Å². The summed E-state index contributed by atoms with van der Waals surface area (Å²) in [5.41, 5.74) is 0.552. The number of benzene rings is 1. The molecule has 0 spiro atoms. The molecule has 1 saturated heterocycles. The number of carbonyl (C=O) groups is 3. The van der Waals surface area contributed by atoms with Crippen LogP contribution in [0.4, 0.5) is 22.1 Å². The quantitative estimate of drug-likeness (QED) is 0.495. The second-order valence-corrected chi connectivity index (χ2v) is 6.14. The lowest BCUT2D eigenvalue weighted by Gasteiger charge is -2.16. The smallest absolute Gasteiger partial charge is 0.401 e. The molecule has 1 N–H and O–H groups in total. The third-order valence-corrected chi connectivity index (χ3v) is 4.18. The molecule has 1 aromatic heterocycles. The number of nitro groups is 1. The highest BCUT2D eigenvalue weighted by Gasteiger charge is 2.37. The van der Waals surface area contributed by atoms with Crippen LogP contribution >= 0.6 is 11.8 Å². The highest BCUT2D eigenvalue weighted by atomic mass is 32.2. The third-order valence-electron chi connectivity index (χ3n) is 3.32. The Morgan fingerprint density at radius 1 is 1.27 bits per heavy atom. The number of anilines is 2. The minimum absolute atomic E-state index is 0.0527. The van der Waals surface area contributed by atoms with Gasteiger partial charge in [0.1, 0.15) is 10.7 Å². The number of furan rings is 1. The first kappa shape index (κ1) is 17.4. The van der Waals surface area contributed by atoms with E-state index >= 15 is 0 Å². The van der Waals surface area contributed by atoms with Gasteiger partial charge in [-0.05, 0) is 30.0 Å². The highest BCUT2D eigenvalue weighted by molar-refractivity contribution is 8.19. The van der Waals surface area contributed by atoms with Gasteiger partial charge in [-0.3, -0.25) is 24.5 Å².